The summed E-state index contributed by atoms with van der Waals surface area (Å²) in [7, 11) is 0. The highest BCUT2D eigenvalue weighted by Gasteiger charge is 2.06. The minimum Gasteiger partial charge on any atom is -0.301 e. The molecule has 1 aromatic carbocycles. The molecule has 0 aliphatic carbocycles. The number of aromatic nitrogens is 1. The minimum absolute atomic E-state index is 0.0663. The van der Waals surface area contributed by atoms with Crippen molar-refractivity contribution < 1.29 is 4.79 Å². The van der Waals surface area contributed by atoms with Gasteiger partial charge in [0.15, 0.2) is 5.13 Å². The van der Waals surface area contributed by atoms with E-state index in [4.69, 9.17) is 23.2 Å². The number of nitrogens with zero attached hydrogens (tertiary/aromatic N) is 1. The zero-order valence-electron chi connectivity index (χ0n) is 9.32. The Kier molecular flexibility index (Phi) is 4.58. The fourth-order valence-electron chi connectivity index (χ4n) is 1.45. The molecule has 1 aromatic heterocycles. The van der Waals surface area contributed by atoms with Crippen LogP contribution in [0.5, 0.6) is 0 Å². The number of thiazole rings is 1. The smallest absolute Gasteiger partial charge is 0.241 e. The maximum Gasteiger partial charge on any atom is 0.241 e. The number of amides is 1. The molecular formula is C12H10Cl2N2OS. The van der Waals surface area contributed by atoms with E-state index < -0.39 is 0 Å². The average Bonchev–Trinajstić information content (AvgIpc) is 2.76. The van der Waals surface area contributed by atoms with Crippen molar-refractivity contribution in [3.63, 3.8) is 0 Å². The molecule has 6 heteroatoms. The number of alkyl halides is 1. The van der Waals surface area contributed by atoms with Crippen molar-refractivity contribution in [3.8, 4) is 0 Å². The van der Waals surface area contributed by atoms with E-state index in [1.165, 1.54) is 11.3 Å². The highest BCUT2D eigenvalue weighted by molar-refractivity contribution is 7.15. The Morgan fingerprint density at radius 1 is 1.44 bits per heavy atom. The SMILES string of the molecule is O=C(CCl)Nc1ncc(Cc2cccc(Cl)c2)s1. The van der Waals surface area contributed by atoms with Crippen LogP contribution in [0.2, 0.25) is 5.02 Å². The Balaban J connectivity index is 2.04. The van der Waals surface area contributed by atoms with E-state index >= 15 is 0 Å². The van der Waals surface area contributed by atoms with Crippen LogP contribution >= 0.6 is 34.5 Å². The van der Waals surface area contributed by atoms with Crippen LogP contribution in [0.1, 0.15) is 10.4 Å². The minimum atomic E-state index is -0.250. The van der Waals surface area contributed by atoms with Gasteiger partial charge in [0.1, 0.15) is 5.88 Å². The number of benzene rings is 1. The number of nitrogens with one attached hydrogen (secondary N) is 1. The third kappa shape index (κ3) is 3.70. The second-order valence-electron chi connectivity index (χ2n) is 3.62. The first-order valence-corrected chi connectivity index (χ1v) is 6.95. The molecule has 1 N–H and O–H groups in total. The maximum atomic E-state index is 11.1. The molecule has 2 aromatic rings. The number of carbonyl (C=O) groups is 1. The first-order valence-electron chi connectivity index (χ1n) is 5.22. The predicted molar refractivity (Wildman–Crippen MR) is 75.7 cm³/mol. The molecule has 18 heavy (non-hydrogen) atoms. The first-order chi connectivity index (χ1) is 8.67. The Hall–Kier alpha value is -1.10. The molecular weight excluding hydrogens is 291 g/mol. The van der Waals surface area contributed by atoms with Gasteiger partial charge in [-0.25, -0.2) is 4.98 Å². The van der Waals surface area contributed by atoms with Gasteiger partial charge in [-0.3, -0.25) is 4.79 Å². The lowest BCUT2D eigenvalue weighted by molar-refractivity contribution is -0.113. The molecule has 2 rings (SSSR count). The van der Waals surface area contributed by atoms with E-state index in [1.54, 1.807) is 6.20 Å². The topological polar surface area (TPSA) is 42.0 Å². The maximum absolute atomic E-state index is 11.1. The molecule has 0 spiro atoms. The molecule has 3 nitrogen and oxygen atoms in total. The summed E-state index contributed by atoms with van der Waals surface area (Å²) in [4.78, 5) is 16.3. The second kappa shape index (κ2) is 6.18. The van der Waals surface area contributed by atoms with E-state index in [1.807, 2.05) is 24.3 Å². The lowest BCUT2D eigenvalue weighted by Gasteiger charge is -1.98. The largest absolute Gasteiger partial charge is 0.301 e. The van der Waals surface area contributed by atoms with Crippen molar-refractivity contribution in [3.05, 3.63) is 45.9 Å². The fraction of sp³-hybridized carbons (Fsp3) is 0.167. The average molecular weight is 301 g/mol. The summed E-state index contributed by atoms with van der Waals surface area (Å²) < 4.78 is 0. The van der Waals surface area contributed by atoms with Crippen LogP contribution in [0.3, 0.4) is 0 Å². The molecule has 0 aliphatic rings. The van der Waals surface area contributed by atoms with Gasteiger partial charge in [-0.15, -0.1) is 22.9 Å². The van der Waals surface area contributed by atoms with Crippen LogP contribution in [0.4, 0.5) is 5.13 Å². The molecule has 0 atom stereocenters. The highest BCUT2D eigenvalue weighted by atomic mass is 35.5. The lowest BCUT2D eigenvalue weighted by Crippen LogP contribution is -2.11. The van der Waals surface area contributed by atoms with Gasteiger partial charge in [0, 0.05) is 22.5 Å². The van der Waals surface area contributed by atoms with Crippen LogP contribution in [0, 0.1) is 0 Å². The van der Waals surface area contributed by atoms with E-state index in [0.717, 1.165) is 16.9 Å². The van der Waals surface area contributed by atoms with E-state index in [9.17, 15) is 4.79 Å². The van der Waals surface area contributed by atoms with Crippen molar-refractivity contribution in [2.75, 3.05) is 11.2 Å². The van der Waals surface area contributed by atoms with Gasteiger partial charge in [0.05, 0.1) is 0 Å². The molecule has 0 saturated heterocycles. The summed E-state index contributed by atoms with van der Waals surface area (Å²) in [6, 6.07) is 7.67. The monoisotopic (exact) mass is 300 g/mol. The van der Waals surface area contributed by atoms with E-state index in [0.29, 0.717) is 10.2 Å². The third-order valence-corrected chi connectivity index (χ3v) is 3.58. The van der Waals surface area contributed by atoms with Crippen LogP contribution in [0.15, 0.2) is 30.5 Å². The van der Waals surface area contributed by atoms with Gasteiger partial charge >= 0.3 is 0 Å². The zero-order chi connectivity index (χ0) is 13.0. The van der Waals surface area contributed by atoms with Gasteiger partial charge < -0.3 is 5.32 Å². The highest BCUT2D eigenvalue weighted by Crippen LogP contribution is 2.22. The van der Waals surface area contributed by atoms with Crippen molar-refractivity contribution in [2.24, 2.45) is 0 Å². The Labute approximate surface area is 119 Å². The number of hydrogen-bond donors (Lipinski definition) is 1. The van der Waals surface area contributed by atoms with Crippen LogP contribution in [0.25, 0.3) is 0 Å². The van der Waals surface area contributed by atoms with Gasteiger partial charge in [-0.2, -0.15) is 0 Å². The van der Waals surface area contributed by atoms with E-state index in [-0.39, 0.29) is 11.8 Å². The summed E-state index contributed by atoms with van der Waals surface area (Å²) in [6.07, 6.45) is 2.49. The molecule has 0 unspecified atom stereocenters. The van der Waals surface area contributed by atoms with Crippen LogP contribution in [-0.4, -0.2) is 16.8 Å². The lowest BCUT2D eigenvalue weighted by atomic mass is 10.1. The number of halogens is 2. The number of anilines is 1. The van der Waals surface area contributed by atoms with Gasteiger partial charge in [0.25, 0.3) is 0 Å². The van der Waals surface area contributed by atoms with Gasteiger partial charge in [-0.05, 0) is 17.7 Å². The van der Waals surface area contributed by atoms with Crippen LogP contribution < -0.4 is 5.32 Å². The summed E-state index contributed by atoms with van der Waals surface area (Å²) in [5.41, 5.74) is 1.11. The summed E-state index contributed by atoms with van der Waals surface area (Å²) in [5.74, 6) is -0.316. The number of hydrogen-bond acceptors (Lipinski definition) is 3. The quantitative estimate of drug-likeness (QED) is 0.877. The third-order valence-electron chi connectivity index (χ3n) is 2.19. The van der Waals surface area contributed by atoms with Crippen molar-refractivity contribution >= 4 is 45.6 Å². The van der Waals surface area contributed by atoms with Crippen molar-refractivity contribution in [1.29, 1.82) is 0 Å². The summed E-state index contributed by atoms with van der Waals surface area (Å²) in [5, 5.41) is 3.90. The molecule has 0 fully saturated rings. The van der Waals surface area contributed by atoms with Crippen molar-refractivity contribution in [2.45, 2.75) is 6.42 Å². The van der Waals surface area contributed by atoms with Crippen LogP contribution in [-0.2, 0) is 11.2 Å². The van der Waals surface area contributed by atoms with Gasteiger partial charge in [0.2, 0.25) is 5.91 Å². The molecule has 1 amide bonds. The summed E-state index contributed by atoms with van der Waals surface area (Å²) >= 11 is 12.8. The first kappa shape index (κ1) is 13.3. The molecule has 94 valence electrons. The Bertz CT molecular complexity index is 557. The zero-order valence-corrected chi connectivity index (χ0v) is 11.6. The molecule has 0 aliphatic heterocycles. The predicted octanol–water partition coefficient (Wildman–Crippen LogP) is 3.56. The van der Waals surface area contributed by atoms with Gasteiger partial charge in [-0.1, -0.05) is 23.7 Å². The number of carbonyl (C=O) groups excluding carboxylic acids is 1. The Morgan fingerprint density at radius 2 is 2.28 bits per heavy atom. The Morgan fingerprint density at radius 3 is 3.00 bits per heavy atom. The van der Waals surface area contributed by atoms with Crippen molar-refractivity contribution in [1.82, 2.24) is 4.98 Å². The molecule has 0 saturated carbocycles. The molecule has 0 bridgehead atoms. The normalized spacial score (nSPS) is 10.3. The van der Waals surface area contributed by atoms with E-state index in [2.05, 4.69) is 10.3 Å². The molecule has 0 radical (unpaired) electrons. The fourth-order valence-corrected chi connectivity index (χ4v) is 2.59. The standard InChI is InChI=1S/C12H10Cl2N2OS/c13-6-11(17)16-12-15-7-10(18-12)5-8-2-1-3-9(14)4-8/h1-4,7H,5-6H2,(H,15,16,17). The number of rotatable bonds is 4. The molecule has 1 heterocycles. The second-order valence-corrected chi connectivity index (χ2v) is 5.44. The summed E-state index contributed by atoms with van der Waals surface area (Å²) in [6.45, 7) is 0.